The molecule has 1 amide bonds. The van der Waals surface area contributed by atoms with Crippen molar-refractivity contribution in [2.45, 2.75) is 38.3 Å². The van der Waals surface area contributed by atoms with Crippen LogP contribution in [0.15, 0.2) is 30.9 Å². The highest BCUT2D eigenvalue weighted by Gasteiger charge is 2.30. The molecule has 2 N–H and O–H groups in total. The molecule has 0 spiro atoms. The average Bonchev–Trinajstić information content (AvgIpc) is 3.41. The number of nitrogens with zero attached hydrogens (tertiary/aromatic N) is 6. The lowest BCUT2D eigenvalue weighted by Gasteiger charge is -2.30. The molecule has 5 heterocycles. The first kappa shape index (κ1) is 21.3. The Kier molecular flexibility index (Phi) is 5.54. The summed E-state index contributed by atoms with van der Waals surface area (Å²) in [6.45, 7) is 6.70. The molecule has 1 aliphatic carbocycles. The third-order valence-corrected chi connectivity index (χ3v) is 6.72. The molecule has 1 saturated carbocycles. The van der Waals surface area contributed by atoms with E-state index in [-0.39, 0.29) is 5.91 Å². The number of carbonyl (C=O) groups excluding carboxylic acids is 1. The molecule has 34 heavy (non-hydrogen) atoms. The second kappa shape index (κ2) is 8.84. The van der Waals surface area contributed by atoms with Gasteiger partial charge in [-0.05, 0) is 26.2 Å². The highest BCUT2D eigenvalue weighted by molar-refractivity contribution is 6.04. The molecule has 3 aliphatic rings. The number of aryl methyl sites for hydroxylation is 1. The van der Waals surface area contributed by atoms with Gasteiger partial charge in [-0.15, -0.1) is 0 Å². The highest BCUT2D eigenvalue weighted by Crippen LogP contribution is 2.29. The van der Waals surface area contributed by atoms with Gasteiger partial charge in [0.25, 0.3) is 5.91 Å². The fourth-order valence-corrected chi connectivity index (χ4v) is 4.79. The van der Waals surface area contributed by atoms with Gasteiger partial charge in [0.05, 0.1) is 42.7 Å². The minimum absolute atomic E-state index is 0.278. The number of ether oxygens (including phenoxy) is 1. The van der Waals surface area contributed by atoms with Crippen molar-refractivity contribution in [1.82, 2.24) is 24.7 Å². The van der Waals surface area contributed by atoms with E-state index in [0.717, 1.165) is 61.1 Å². The van der Waals surface area contributed by atoms with E-state index < -0.39 is 0 Å². The van der Waals surface area contributed by atoms with E-state index in [0.29, 0.717) is 31.0 Å². The molecule has 2 aliphatic heterocycles. The van der Waals surface area contributed by atoms with Crippen molar-refractivity contribution in [1.29, 1.82) is 0 Å². The number of fused-ring (bicyclic) bond motifs is 1. The number of rotatable bonds is 6. The number of hydrogen-bond donors (Lipinski definition) is 2. The van der Waals surface area contributed by atoms with E-state index in [1.807, 2.05) is 29.8 Å². The van der Waals surface area contributed by atoms with Gasteiger partial charge in [0.1, 0.15) is 17.2 Å². The molecule has 1 unspecified atom stereocenters. The zero-order chi connectivity index (χ0) is 23.1. The van der Waals surface area contributed by atoms with Crippen molar-refractivity contribution in [2.24, 2.45) is 0 Å². The quantitative estimate of drug-likeness (QED) is 0.573. The number of hydrogen-bond acceptors (Lipinski definition) is 8. The van der Waals surface area contributed by atoms with Crippen LogP contribution in [0.3, 0.4) is 0 Å². The number of imidazole rings is 1. The molecule has 3 fully saturated rings. The predicted octanol–water partition coefficient (Wildman–Crippen LogP) is 1.85. The van der Waals surface area contributed by atoms with Crippen molar-refractivity contribution in [3.05, 3.63) is 42.2 Å². The van der Waals surface area contributed by atoms with Crippen LogP contribution in [0.4, 0.5) is 17.2 Å². The molecule has 2 saturated heterocycles. The Balaban J connectivity index is 1.19. The lowest BCUT2D eigenvalue weighted by atomic mass is 10.2. The number of pyridine rings is 1. The monoisotopic (exact) mass is 462 g/mol. The number of aromatic nitrogens is 4. The van der Waals surface area contributed by atoms with Gasteiger partial charge in [0, 0.05) is 56.7 Å². The normalized spacial score (nSPS) is 20.8. The van der Waals surface area contributed by atoms with Crippen molar-refractivity contribution < 1.29 is 9.53 Å². The first-order valence-electron chi connectivity index (χ1n) is 12.1. The summed E-state index contributed by atoms with van der Waals surface area (Å²) in [5.74, 6) is 0.542. The van der Waals surface area contributed by atoms with Crippen LogP contribution in [0, 0.1) is 6.92 Å². The summed E-state index contributed by atoms with van der Waals surface area (Å²) < 4.78 is 7.44. The largest absolute Gasteiger partial charge is 0.378 e. The van der Waals surface area contributed by atoms with E-state index in [1.165, 1.54) is 12.8 Å². The van der Waals surface area contributed by atoms with E-state index in [4.69, 9.17) is 4.74 Å². The van der Waals surface area contributed by atoms with Crippen molar-refractivity contribution in [2.75, 3.05) is 54.5 Å². The van der Waals surface area contributed by atoms with Crippen LogP contribution in [-0.2, 0) is 4.74 Å². The Morgan fingerprint density at radius 3 is 2.65 bits per heavy atom. The second-order valence-electron chi connectivity index (χ2n) is 9.41. The van der Waals surface area contributed by atoms with E-state index in [9.17, 15) is 4.79 Å². The minimum atomic E-state index is -0.278. The first-order valence-corrected chi connectivity index (χ1v) is 12.1. The Morgan fingerprint density at radius 1 is 1.03 bits per heavy atom. The fourth-order valence-electron chi connectivity index (χ4n) is 4.79. The summed E-state index contributed by atoms with van der Waals surface area (Å²) in [5.41, 5.74) is 3.72. The van der Waals surface area contributed by atoms with Gasteiger partial charge in [-0.3, -0.25) is 4.79 Å². The van der Waals surface area contributed by atoms with Crippen molar-refractivity contribution in [3.63, 3.8) is 0 Å². The molecule has 6 rings (SSSR count). The van der Waals surface area contributed by atoms with Gasteiger partial charge in [-0.1, -0.05) is 0 Å². The number of carbonyl (C=O) groups is 1. The van der Waals surface area contributed by atoms with Crippen molar-refractivity contribution >= 4 is 28.7 Å². The highest BCUT2D eigenvalue weighted by atomic mass is 16.5. The van der Waals surface area contributed by atoms with Crippen LogP contribution < -0.4 is 20.4 Å². The maximum absolute atomic E-state index is 13.1. The summed E-state index contributed by atoms with van der Waals surface area (Å²) in [4.78, 5) is 31.1. The van der Waals surface area contributed by atoms with Crippen LogP contribution in [0.5, 0.6) is 0 Å². The van der Waals surface area contributed by atoms with Crippen LogP contribution >= 0.6 is 0 Å². The van der Waals surface area contributed by atoms with Crippen molar-refractivity contribution in [3.8, 4) is 0 Å². The summed E-state index contributed by atoms with van der Waals surface area (Å²) in [6, 6.07) is 3.23. The van der Waals surface area contributed by atoms with Gasteiger partial charge >= 0.3 is 0 Å². The van der Waals surface area contributed by atoms with Crippen LogP contribution in [0.25, 0.3) is 5.65 Å². The number of amides is 1. The Morgan fingerprint density at radius 2 is 1.88 bits per heavy atom. The number of nitrogens with one attached hydrogen (secondary N) is 2. The first-order chi connectivity index (χ1) is 16.6. The molecule has 0 bridgehead atoms. The Bertz CT molecular complexity index is 1180. The predicted molar refractivity (Wildman–Crippen MR) is 130 cm³/mol. The van der Waals surface area contributed by atoms with Gasteiger partial charge in [-0.25, -0.2) is 15.0 Å². The van der Waals surface area contributed by atoms with E-state index in [2.05, 4.69) is 35.4 Å². The van der Waals surface area contributed by atoms with Crippen LogP contribution in [-0.4, -0.2) is 76.7 Å². The average molecular weight is 463 g/mol. The maximum atomic E-state index is 13.1. The summed E-state index contributed by atoms with van der Waals surface area (Å²) in [5, 5.41) is 6.74. The molecule has 10 nitrogen and oxygen atoms in total. The standard InChI is InChI=1S/C24H30N8O2/c1-16-13-32-15-20(21(10-22(32)27-16)30-6-8-34-9-7-30)29-24(33)19-11-26-23(12-25-19)31-5-4-18(14-31)28-17-2-3-17/h10-13,15,17-18,28H,2-9,14H2,1H3,(H,29,33). The Labute approximate surface area is 198 Å². The molecule has 0 aromatic carbocycles. The van der Waals surface area contributed by atoms with Gasteiger partial charge in [0.15, 0.2) is 0 Å². The smallest absolute Gasteiger partial charge is 0.275 e. The van der Waals surface area contributed by atoms with E-state index >= 15 is 0 Å². The lowest BCUT2D eigenvalue weighted by Crippen LogP contribution is -2.37. The topological polar surface area (TPSA) is 99.9 Å². The van der Waals surface area contributed by atoms with Crippen LogP contribution in [0.1, 0.15) is 35.4 Å². The van der Waals surface area contributed by atoms with Gasteiger partial charge in [0.2, 0.25) is 0 Å². The zero-order valence-electron chi connectivity index (χ0n) is 19.4. The molecule has 178 valence electrons. The lowest BCUT2D eigenvalue weighted by molar-refractivity contribution is 0.102. The Hall–Kier alpha value is -3.24. The second-order valence-corrected chi connectivity index (χ2v) is 9.41. The maximum Gasteiger partial charge on any atom is 0.275 e. The molecular formula is C24H30N8O2. The summed E-state index contributed by atoms with van der Waals surface area (Å²) in [7, 11) is 0. The van der Waals surface area contributed by atoms with Crippen LogP contribution in [0.2, 0.25) is 0 Å². The molecule has 1 atom stereocenters. The molecule has 3 aromatic rings. The number of anilines is 3. The summed E-state index contributed by atoms with van der Waals surface area (Å²) in [6.07, 6.45) is 10.8. The molecule has 3 aromatic heterocycles. The molecule has 10 heteroatoms. The minimum Gasteiger partial charge on any atom is -0.378 e. The third-order valence-electron chi connectivity index (χ3n) is 6.72. The SMILES string of the molecule is Cc1cn2cc(NC(=O)c3cnc(N4CCC(NC5CC5)C4)cn3)c(N3CCOCC3)cc2n1. The zero-order valence-corrected chi connectivity index (χ0v) is 19.4. The van der Waals surface area contributed by atoms with E-state index in [1.54, 1.807) is 12.4 Å². The fraction of sp³-hybridized carbons (Fsp3) is 0.500. The molecular weight excluding hydrogens is 432 g/mol. The molecule has 0 radical (unpaired) electrons. The number of morpholine rings is 1. The third kappa shape index (κ3) is 4.43. The van der Waals surface area contributed by atoms with Gasteiger partial charge < -0.3 is 29.6 Å². The summed E-state index contributed by atoms with van der Waals surface area (Å²) >= 11 is 0. The van der Waals surface area contributed by atoms with Gasteiger partial charge in [-0.2, -0.15) is 0 Å².